The molecule has 1 amide bonds. The molecule has 2 aliphatic rings. The molecule has 170 valence electrons. The molecule has 0 unspecified atom stereocenters. The molecular weight excluding hydrogens is 413 g/mol. The van der Waals surface area contributed by atoms with E-state index in [-0.39, 0.29) is 24.0 Å². The number of ether oxygens (including phenoxy) is 1. The summed E-state index contributed by atoms with van der Waals surface area (Å²) in [5.41, 5.74) is 2.73. The van der Waals surface area contributed by atoms with Crippen LogP contribution in [0.5, 0.6) is 5.75 Å². The number of aryl methyl sites for hydroxylation is 2. The average molecular weight is 442 g/mol. The first-order valence-corrected chi connectivity index (χ1v) is 11.0. The number of methoxy groups -OCH3 is 1. The van der Waals surface area contributed by atoms with Gasteiger partial charge < -0.3 is 20.1 Å². The fourth-order valence-electron chi connectivity index (χ4n) is 4.52. The Bertz CT molecular complexity index is 1010. The maximum atomic E-state index is 14.2. The van der Waals surface area contributed by atoms with Crippen LogP contribution >= 0.6 is 0 Å². The van der Waals surface area contributed by atoms with Gasteiger partial charge in [0.25, 0.3) is 0 Å². The third kappa shape index (κ3) is 4.69. The number of nitrogens with zero attached hydrogens (tertiary/aromatic N) is 2. The lowest BCUT2D eigenvalue weighted by molar-refractivity contribution is -0.154. The monoisotopic (exact) mass is 441 g/mol. The van der Waals surface area contributed by atoms with Gasteiger partial charge in [-0.25, -0.2) is 9.37 Å². The van der Waals surface area contributed by atoms with Crippen LogP contribution in [-0.4, -0.2) is 47.1 Å². The SMILES string of the molecule is COc1ccc([C@H](CC(=O)O)N2C[C@H](CCCc3ccc4c(n3)NCCC4)C2=O)cc1F. The van der Waals surface area contributed by atoms with Crippen molar-refractivity contribution >= 4 is 17.7 Å². The quantitative estimate of drug-likeness (QED) is 0.578. The highest BCUT2D eigenvalue weighted by atomic mass is 19.1. The maximum Gasteiger partial charge on any atom is 0.305 e. The molecule has 2 atom stereocenters. The van der Waals surface area contributed by atoms with Crippen LogP contribution in [0.4, 0.5) is 10.2 Å². The third-order valence-electron chi connectivity index (χ3n) is 6.29. The number of carbonyl (C=O) groups excluding carboxylic acids is 1. The molecule has 2 N–H and O–H groups in total. The average Bonchev–Trinajstić information content (AvgIpc) is 2.79. The Morgan fingerprint density at radius 1 is 1.38 bits per heavy atom. The first kappa shape index (κ1) is 22.0. The van der Waals surface area contributed by atoms with Gasteiger partial charge in [-0.1, -0.05) is 12.1 Å². The zero-order valence-electron chi connectivity index (χ0n) is 18.1. The van der Waals surface area contributed by atoms with E-state index >= 15 is 0 Å². The number of aliphatic carboxylic acids is 1. The predicted molar refractivity (Wildman–Crippen MR) is 117 cm³/mol. The number of rotatable bonds is 9. The number of hydrogen-bond donors (Lipinski definition) is 2. The van der Waals surface area contributed by atoms with Crippen molar-refractivity contribution in [1.82, 2.24) is 9.88 Å². The predicted octanol–water partition coefficient (Wildman–Crippen LogP) is 3.58. The van der Waals surface area contributed by atoms with E-state index in [1.165, 1.54) is 24.8 Å². The lowest BCUT2D eigenvalue weighted by atomic mass is 9.88. The second-order valence-electron chi connectivity index (χ2n) is 8.43. The van der Waals surface area contributed by atoms with Crippen molar-refractivity contribution in [3.8, 4) is 5.75 Å². The molecule has 1 aromatic heterocycles. The van der Waals surface area contributed by atoms with Crippen molar-refractivity contribution in [2.75, 3.05) is 25.5 Å². The van der Waals surface area contributed by atoms with Gasteiger partial charge in [0.1, 0.15) is 5.82 Å². The standard InChI is InChI=1S/C24H28FN3O4/c1-32-21-10-8-16(12-19(21)25)20(13-22(29)30)28-14-17(24(28)31)4-2-6-18-9-7-15-5-3-11-26-23(15)27-18/h7-10,12,17,20H,2-6,11,13-14H2,1H3,(H,26,27)(H,29,30)/t17-,20-/m0/s1. The molecule has 0 saturated carbocycles. The summed E-state index contributed by atoms with van der Waals surface area (Å²) in [5.74, 6) is -0.756. The first-order valence-electron chi connectivity index (χ1n) is 11.0. The summed E-state index contributed by atoms with van der Waals surface area (Å²) in [5, 5.41) is 12.7. The zero-order chi connectivity index (χ0) is 22.7. The summed E-state index contributed by atoms with van der Waals surface area (Å²) in [7, 11) is 1.37. The number of pyridine rings is 1. The van der Waals surface area contributed by atoms with Crippen LogP contribution in [0.3, 0.4) is 0 Å². The number of carboxylic acids is 1. The third-order valence-corrected chi connectivity index (χ3v) is 6.29. The zero-order valence-corrected chi connectivity index (χ0v) is 18.1. The van der Waals surface area contributed by atoms with Crippen molar-refractivity contribution in [2.24, 2.45) is 5.92 Å². The van der Waals surface area contributed by atoms with E-state index in [9.17, 15) is 19.1 Å². The molecule has 4 rings (SSSR count). The second-order valence-corrected chi connectivity index (χ2v) is 8.43. The number of fused-ring (bicyclic) bond motifs is 1. The molecule has 0 spiro atoms. The van der Waals surface area contributed by atoms with Crippen LogP contribution in [-0.2, 0) is 22.4 Å². The highest BCUT2D eigenvalue weighted by Crippen LogP contribution is 2.36. The minimum atomic E-state index is -1.03. The number of hydrogen-bond acceptors (Lipinski definition) is 5. The van der Waals surface area contributed by atoms with Gasteiger partial charge >= 0.3 is 5.97 Å². The van der Waals surface area contributed by atoms with Crippen LogP contribution in [0.1, 0.15) is 48.5 Å². The van der Waals surface area contributed by atoms with Gasteiger partial charge in [-0.15, -0.1) is 0 Å². The van der Waals surface area contributed by atoms with E-state index in [2.05, 4.69) is 17.4 Å². The minimum Gasteiger partial charge on any atom is -0.494 e. The maximum absolute atomic E-state index is 14.2. The minimum absolute atomic E-state index is 0.0763. The number of anilines is 1. The summed E-state index contributed by atoms with van der Waals surface area (Å²) < 4.78 is 19.1. The van der Waals surface area contributed by atoms with Crippen molar-refractivity contribution < 1.29 is 23.8 Å². The van der Waals surface area contributed by atoms with Crippen LogP contribution in [0, 0.1) is 11.7 Å². The largest absolute Gasteiger partial charge is 0.494 e. The fourth-order valence-corrected chi connectivity index (χ4v) is 4.52. The lowest BCUT2D eigenvalue weighted by Crippen LogP contribution is -2.54. The number of aromatic nitrogens is 1. The number of benzene rings is 1. The Balaban J connectivity index is 1.34. The number of carboxylic acid groups (broad SMARTS) is 1. The van der Waals surface area contributed by atoms with Gasteiger partial charge in [-0.3, -0.25) is 9.59 Å². The number of carbonyl (C=O) groups is 2. The van der Waals surface area contributed by atoms with Crippen LogP contribution in [0.15, 0.2) is 30.3 Å². The summed E-state index contributed by atoms with van der Waals surface area (Å²) >= 11 is 0. The first-order chi connectivity index (χ1) is 15.5. The Hall–Kier alpha value is -3.16. The molecule has 2 aliphatic heterocycles. The Morgan fingerprint density at radius 3 is 2.94 bits per heavy atom. The van der Waals surface area contributed by atoms with E-state index < -0.39 is 17.8 Å². The Morgan fingerprint density at radius 2 is 2.22 bits per heavy atom. The molecular formula is C24H28FN3O4. The number of nitrogens with one attached hydrogen (secondary N) is 1. The van der Waals surface area contributed by atoms with Gasteiger partial charge in [-0.2, -0.15) is 0 Å². The Kier molecular flexibility index (Phi) is 6.58. The normalized spacial score (nSPS) is 18.4. The van der Waals surface area contributed by atoms with Crippen LogP contribution < -0.4 is 10.1 Å². The van der Waals surface area contributed by atoms with Crippen molar-refractivity contribution in [3.63, 3.8) is 0 Å². The van der Waals surface area contributed by atoms with Gasteiger partial charge in [0, 0.05) is 18.8 Å². The van der Waals surface area contributed by atoms with Gasteiger partial charge in [0.05, 0.1) is 25.5 Å². The topological polar surface area (TPSA) is 91.8 Å². The summed E-state index contributed by atoms with van der Waals surface area (Å²) in [6.45, 7) is 1.43. The van der Waals surface area contributed by atoms with Crippen molar-refractivity contribution in [1.29, 1.82) is 0 Å². The van der Waals surface area contributed by atoms with E-state index in [1.54, 1.807) is 11.0 Å². The smallest absolute Gasteiger partial charge is 0.305 e. The summed E-state index contributed by atoms with van der Waals surface area (Å²) in [6, 6.07) is 7.83. The Labute approximate surface area is 186 Å². The number of β-lactam (4-membered cyclic amide) rings is 1. The van der Waals surface area contributed by atoms with E-state index in [0.29, 0.717) is 12.1 Å². The van der Waals surface area contributed by atoms with Crippen molar-refractivity contribution in [2.45, 2.75) is 44.6 Å². The highest BCUT2D eigenvalue weighted by Gasteiger charge is 2.41. The highest BCUT2D eigenvalue weighted by molar-refractivity contribution is 5.85. The van der Waals surface area contributed by atoms with Gasteiger partial charge in [-0.05, 0) is 61.4 Å². The number of likely N-dealkylation sites (tertiary alicyclic amines) is 1. The molecule has 8 heteroatoms. The van der Waals surface area contributed by atoms with E-state index in [1.807, 2.05) is 0 Å². The molecule has 0 bridgehead atoms. The van der Waals surface area contributed by atoms with E-state index in [0.717, 1.165) is 50.2 Å². The molecule has 0 aliphatic carbocycles. The molecule has 1 saturated heterocycles. The second kappa shape index (κ2) is 9.54. The van der Waals surface area contributed by atoms with Crippen LogP contribution in [0.25, 0.3) is 0 Å². The molecule has 32 heavy (non-hydrogen) atoms. The summed E-state index contributed by atoms with van der Waals surface area (Å²) in [4.78, 5) is 30.4. The van der Waals surface area contributed by atoms with Crippen molar-refractivity contribution in [3.05, 3.63) is 53.0 Å². The van der Waals surface area contributed by atoms with Crippen LogP contribution in [0.2, 0.25) is 0 Å². The number of amides is 1. The fraction of sp³-hybridized carbons (Fsp3) is 0.458. The summed E-state index contributed by atoms with van der Waals surface area (Å²) in [6.07, 6.45) is 4.25. The number of halogens is 1. The van der Waals surface area contributed by atoms with E-state index in [4.69, 9.17) is 9.72 Å². The molecule has 3 heterocycles. The molecule has 2 aromatic rings. The molecule has 1 fully saturated rings. The molecule has 0 radical (unpaired) electrons. The van der Waals surface area contributed by atoms with Gasteiger partial charge in [0.2, 0.25) is 5.91 Å². The molecule has 1 aromatic carbocycles. The lowest BCUT2D eigenvalue weighted by Gasteiger charge is -2.43. The van der Waals surface area contributed by atoms with Gasteiger partial charge in [0.15, 0.2) is 11.6 Å². The molecule has 7 nitrogen and oxygen atoms in total.